The molecule has 0 atom stereocenters. The Labute approximate surface area is 122 Å². The summed E-state index contributed by atoms with van der Waals surface area (Å²) < 4.78 is 12.7. The molecule has 0 spiro atoms. The van der Waals surface area contributed by atoms with Crippen LogP contribution in [0.4, 0.5) is 10.1 Å². The van der Waals surface area contributed by atoms with Gasteiger partial charge in [-0.1, -0.05) is 29.4 Å². The molecule has 0 saturated heterocycles. The molecule has 0 bridgehead atoms. The molecule has 0 saturated carbocycles. The fraction of sp³-hybridized carbons (Fsp3) is 0.125. The number of nitrogens with one attached hydrogen (secondary N) is 1. The van der Waals surface area contributed by atoms with E-state index in [4.69, 9.17) is 4.84 Å². The number of nitrogens with zero attached hydrogens (tertiary/aromatic N) is 1. The third kappa shape index (κ3) is 4.72. The number of rotatable bonds is 5. The van der Waals surface area contributed by atoms with Crippen molar-refractivity contribution in [3.63, 3.8) is 0 Å². The van der Waals surface area contributed by atoms with Crippen molar-refractivity contribution in [3.8, 4) is 0 Å². The highest BCUT2D eigenvalue weighted by Gasteiger charge is 2.02. The minimum absolute atomic E-state index is 0.209. The average Bonchev–Trinajstić information content (AvgIpc) is 2.48. The van der Waals surface area contributed by atoms with Crippen LogP contribution in [0, 0.1) is 12.7 Å². The summed E-state index contributed by atoms with van der Waals surface area (Å²) in [6.45, 7) is 1.75. The normalized spacial score (nSPS) is 10.6. The zero-order valence-electron chi connectivity index (χ0n) is 11.5. The van der Waals surface area contributed by atoms with Crippen molar-refractivity contribution < 1.29 is 14.0 Å². The summed E-state index contributed by atoms with van der Waals surface area (Å²) in [7, 11) is 0. The molecule has 1 amide bonds. The fourth-order valence-electron chi connectivity index (χ4n) is 1.65. The maximum Gasteiger partial charge on any atom is 0.265 e. The number of carbonyl (C=O) groups is 1. The lowest BCUT2D eigenvalue weighted by atomic mass is 10.1. The third-order valence-electron chi connectivity index (χ3n) is 2.78. The van der Waals surface area contributed by atoms with E-state index in [1.54, 1.807) is 6.21 Å². The van der Waals surface area contributed by atoms with Crippen LogP contribution in [0.3, 0.4) is 0 Å². The van der Waals surface area contributed by atoms with Crippen LogP contribution in [0.5, 0.6) is 0 Å². The number of hydrogen-bond acceptors (Lipinski definition) is 3. The Balaban J connectivity index is 1.79. The van der Waals surface area contributed by atoms with Gasteiger partial charge in [0.05, 0.1) is 6.21 Å². The molecule has 5 heteroatoms. The van der Waals surface area contributed by atoms with Crippen LogP contribution >= 0.6 is 0 Å². The van der Waals surface area contributed by atoms with Gasteiger partial charge in [0.15, 0.2) is 6.61 Å². The summed E-state index contributed by atoms with van der Waals surface area (Å²) >= 11 is 0. The van der Waals surface area contributed by atoms with E-state index in [-0.39, 0.29) is 18.3 Å². The number of aryl methyl sites for hydroxylation is 1. The SMILES string of the molecule is Cc1ccccc1/C=N\OCC(=O)Nc1ccc(F)cc1. The Hall–Kier alpha value is -2.69. The second-order valence-corrected chi connectivity index (χ2v) is 4.42. The second kappa shape index (κ2) is 7.19. The molecule has 108 valence electrons. The lowest BCUT2D eigenvalue weighted by Crippen LogP contribution is -2.16. The van der Waals surface area contributed by atoms with Crippen molar-refractivity contribution in [2.24, 2.45) is 5.16 Å². The van der Waals surface area contributed by atoms with Gasteiger partial charge in [-0.2, -0.15) is 0 Å². The molecule has 0 heterocycles. The standard InChI is InChI=1S/C16H15FN2O2/c1-12-4-2-3-5-13(12)10-18-21-11-16(20)19-15-8-6-14(17)7-9-15/h2-10H,11H2,1H3,(H,19,20)/b18-10-. The molecule has 0 aliphatic rings. The highest BCUT2D eigenvalue weighted by atomic mass is 19.1. The van der Waals surface area contributed by atoms with E-state index in [1.807, 2.05) is 31.2 Å². The first-order valence-corrected chi connectivity index (χ1v) is 6.41. The molecule has 0 radical (unpaired) electrons. The average molecular weight is 286 g/mol. The maximum absolute atomic E-state index is 12.7. The highest BCUT2D eigenvalue weighted by Crippen LogP contribution is 2.08. The van der Waals surface area contributed by atoms with E-state index in [9.17, 15) is 9.18 Å². The molecule has 0 unspecified atom stereocenters. The van der Waals surface area contributed by atoms with Gasteiger partial charge in [0.1, 0.15) is 5.82 Å². The molecular weight excluding hydrogens is 271 g/mol. The summed E-state index contributed by atoms with van der Waals surface area (Å²) in [5, 5.41) is 6.33. The molecule has 4 nitrogen and oxygen atoms in total. The maximum atomic E-state index is 12.7. The smallest absolute Gasteiger partial charge is 0.265 e. The van der Waals surface area contributed by atoms with E-state index in [0.717, 1.165) is 11.1 Å². The Morgan fingerprint density at radius 2 is 1.95 bits per heavy atom. The summed E-state index contributed by atoms with van der Waals surface area (Å²) in [6.07, 6.45) is 1.56. The van der Waals surface area contributed by atoms with Gasteiger partial charge in [-0.15, -0.1) is 0 Å². The molecule has 2 aromatic carbocycles. The topological polar surface area (TPSA) is 50.7 Å². The van der Waals surface area contributed by atoms with Gasteiger partial charge in [0.2, 0.25) is 0 Å². The van der Waals surface area contributed by atoms with Gasteiger partial charge >= 0.3 is 0 Å². The van der Waals surface area contributed by atoms with Crippen LogP contribution in [0.1, 0.15) is 11.1 Å². The van der Waals surface area contributed by atoms with Crippen LogP contribution in [0.25, 0.3) is 0 Å². The summed E-state index contributed by atoms with van der Waals surface area (Å²) in [6, 6.07) is 13.2. The molecule has 0 aliphatic heterocycles. The predicted octanol–water partition coefficient (Wildman–Crippen LogP) is 3.12. The molecule has 0 aromatic heterocycles. The number of carbonyl (C=O) groups excluding carboxylic acids is 1. The van der Waals surface area contributed by atoms with Gasteiger partial charge in [-0.05, 0) is 42.3 Å². The van der Waals surface area contributed by atoms with E-state index in [1.165, 1.54) is 24.3 Å². The fourth-order valence-corrected chi connectivity index (χ4v) is 1.65. The number of halogens is 1. The first-order chi connectivity index (χ1) is 10.1. The molecular formula is C16H15FN2O2. The molecule has 0 aliphatic carbocycles. The van der Waals surface area contributed by atoms with Gasteiger partial charge in [0.25, 0.3) is 5.91 Å². The van der Waals surface area contributed by atoms with Crippen molar-refractivity contribution >= 4 is 17.8 Å². The van der Waals surface area contributed by atoms with Crippen molar-refractivity contribution in [1.29, 1.82) is 0 Å². The van der Waals surface area contributed by atoms with Gasteiger partial charge < -0.3 is 10.2 Å². The van der Waals surface area contributed by atoms with E-state index < -0.39 is 0 Å². The van der Waals surface area contributed by atoms with Gasteiger partial charge in [0, 0.05) is 5.69 Å². The number of oxime groups is 1. The van der Waals surface area contributed by atoms with Crippen LogP contribution in [0.2, 0.25) is 0 Å². The first-order valence-electron chi connectivity index (χ1n) is 6.41. The Morgan fingerprint density at radius 1 is 1.24 bits per heavy atom. The molecule has 2 aromatic rings. The van der Waals surface area contributed by atoms with E-state index >= 15 is 0 Å². The Morgan fingerprint density at radius 3 is 2.67 bits per heavy atom. The van der Waals surface area contributed by atoms with Crippen molar-refractivity contribution in [1.82, 2.24) is 0 Å². The van der Waals surface area contributed by atoms with Gasteiger partial charge in [-0.3, -0.25) is 4.79 Å². The minimum atomic E-state index is -0.358. The van der Waals surface area contributed by atoms with Crippen molar-refractivity contribution in [2.75, 3.05) is 11.9 Å². The minimum Gasteiger partial charge on any atom is -0.386 e. The van der Waals surface area contributed by atoms with Crippen LogP contribution in [-0.2, 0) is 9.63 Å². The highest BCUT2D eigenvalue weighted by molar-refractivity contribution is 5.91. The Kier molecular flexibility index (Phi) is 5.04. The monoisotopic (exact) mass is 286 g/mol. The quantitative estimate of drug-likeness (QED) is 0.678. The number of anilines is 1. The molecule has 2 rings (SSSR count). The second-order valence-electron chi connectivity index (χ2n) is 4.42. The summed E-state index contributed by atoms with van der Waals surface area (Å²) in [5.41, 5.74) is 2.50. The largest absolute Gasteiger partial charge is 0.386 e. The summed E-state index contributed by atoms with van der Waals surface area (Å²) in [5.74, 6) is -0.712. The van der Waals surface area contributed by atoms with E-state index in [2.05, 4.69) is 10.5 Å². The predicted molar refractivity (Wildman–Crippen MR) is 79.8 cm³/mol. The zero-order chi connectivity index (χ0) is 15.1. The number of benzene rings is 2. The molecule has 1 N–H and O–H groups in total. The molecule has 21 heavy (non-hydrogen) atoms. The Bertz CT molecular complexity index is 639. The van der Waals surface area contributed by atoms with Crippen LogP contribution in [-0.4, -0.2) is 18.7 Å². The lowest BCUT2D eigenvalue weighted by Gasteiger charge is -2.04. The number of amides is 1. The third-order valence-corrected chi connectivity index (χ3v) is 2.78. The lowest BCUT2D eigenvalue weighted by molar-refractivity contribution is -0.120. The van der Waals surface area contributed by atoms with E-state index in [0.29, 0.717) is 5.69 Å². The first kappa shape index (κ1) is 14.7. The van der Waals surface area contributed by atoms with Crippen molar-refractivity contribution in [3.05, 3.63) is 65.5 Å². The number of hydrogen-bond donors (Lipinski definition) is 1. The molecule has 0 fully saturated rings. The zero-order valence-corrected chi connectivity index (χ0v) is 11.5. The summed E-state index contributed by atoms with van der Waals surface area (Å²) in [4.78, 5) is 16.5. The van der Waals surface area contributed by atoms with Crippen LogP contribution in [0.15, 0.2) is 53.7 Å². The van der Waals surface area contributed by atoms with Gasteiger partial charge in [-0.25, -0.2) is 4.39 Å². The van der Waals surface area contributed by atoms with Crippen molar-refractivity contribution in [2.45, 2.75) is 6.92 Å². The van der Waals surface area contributed by atoms with Crippen LogP contribution < -0.4 is 5.32 Å².